The van der Waals surface area contributed by atoms with Crippen LogP contribution >= 0.6 is 0 Å². The summed E-state index contributed by atoms with van der Waals surface area (Å²) in [5.74, 6) is -0.573. The van der Waals surface area contributed by atoms with Gasteiger partial charge in [0.15, 0.2) is 0 Å². The van der Waals surface area contributed by atoms with Gasteiger partial charge < -0.3 is 15.5 Å². The number of likely N-dealkylation sites (tertiary alicyclic amines) is 1. The predicted octanol–water partition coefficient (Wildman–Crippen LogP) is 2.38. The average Bonchev–Trinajstić information content (AvgIpc) is 2.78. The second kappa shape index (κ2) is 8.31. The van der Waals surface area contributed by atoms with Crippen molar-refractivity contribution in [2.75, 3.05) is 23.7 Å². The second-order valence-corrected chi connectivity index (χ2v) is 5.78. The third-order valence-electron chi connectivity index (χ3n) is 3.76. The van der Waals surface area contributed by atoms with Crippen molar-refractivity contribution in [1.82, 2.24) is 4.90 Å². The van der Waals surface area contributed by atoms with E-state index in [0.717, 1.165) is 38.8 Å². The van der Waals surface area contributed by atoms with Crippen LogP contribution in [0, 0.1) is 0 Å². The van der Waals surface area contributed by atoms with Crippen molar-refractivity contribution in [2.24, 2.45) is 0 Å². The molecule has 0 aromatic heterocycles. The molecule has 1 aromatic rings. The molecule has 2 rings (SSSR count). The van der Waals surface area contributed by atoms with Gasteiger partial charge in [0.05, 0.1) is 0 Å². The molecule has 6 heteroatoms. The van der Waals surface area contributed by atoms with Crippen molar-refractivity contribution in [3.63, 3.8) is 0 Å². The molecule has 0 spiro atoms. The van der Waals surface area contributed by atoms with E-state index in [4.69, 9.17) is 0 Å². The summed E-state index contributed by atoms with van der Waals surface area (Å²) >= 11 is 0. The van der Waals surface area contributed by atoms with Crippen LogP contribution in [0.5, 0.6) is 0 Å². The molecule has 3 amide bonds. The molecule has 0 radical (unpaired) electrons. The Balaban J connectivity index is 1.83. The summed E-state index contributed by atoms with van der Waals surface area (Å²) < 4.78 is 0. The number of carbonyl (C=O) groups excluding carboxylic acids is 3. The van der Waals surface area contributed by atoms with E-state index in [9.17, 15) is 14.4 Å². The fourth-order valence-electron chi connectivity index (χ4n) is 2.61. The van der Waals surface area contributed by atoms with Crippen molar-refractivity contribution in [2.45, 2.75) is 39.0 Å². The van der Waals surface area contributed by atoms with Crippen LogP contribution in [0.4, 0.5) is 11.4 Å². The topological polar surface area (TPSA) is 78.5 Å². The summed E-state index contributed by atoms with van der Waals surface area (Å²) in [6.07, 6.45) is 4.19. The van der Waals surface area contributed by atoms with Crippen molar-refractivity contribution in [3.05, 3.63) is 24.3 Å². The molecule has 0 unspecified atom stereocenters. The van der Waals surface area contributed by atoms with E-state index in [2.05, 4.69) is 10.6 Å². The molecule has 23 heavy (non-hydrogen) atoms. The number of carbonyl (C=O) groups is 3. The third-order valence-corrected chi connectivity index (χ3v) is 3.76. The molecule has 0 atom stereocenters. The SMILES string of the molecule is CC(=O)Nc1ccc(NC(=O)CC(=O)N2CCCCCC2)cc1. The van der Waals surface area contributed by atoms with Crippen LogP contribution < -0.4 is 10.6 Å². The lowest BCUT2D eigenvalue weighted by atomic mass is 10.2. The van der Waals surface area contributed by atoms with Gasteiger partial charge in [0, 0.05) is 31.4 Å². The normalized spacial score (nSPS) is 14.7. The van der Waals surface area contributed by atoms with Crippen LogP contribution in [0.2, 0.25) is 0 Å². The number of amides is 3. The highest BCUT2D eigenvalue weighted by Gasteiger charge is 2.18. The molecule has 1 saturated heterocycles. The van der Waals surface area contributed by atoms with Crippen LogP contribution in [0.3, 0.4) is 0 Å². The van der Waals surface area contributed by atoms with E-state index < -0.39 is 0 Å². The number of nitrogens with one attached hydrogen (secondary N) is 2. The number of rotatable bonds is 4. The number of nitrogens with zero attached hydrogens (tertiary/aromatic N) is 1. The molecule has 2 N–H and O–H groups in total. The Bertz CT molecular complexity index is 561. The molecular formula is C17H23N3O3. The van der Waals surface area contributed by atoms with Crippen LogP contribution in [-0.4, -0.2) is 35.7 Å². The van der Waals surface area contributed by atoms with Crippen molar-refractivity contribution >= 4 is 29.1 Å². The number of hydrogen-bond donors (Lipinski definition) is 2. The minimum Gasteiger partial charge on any atom is -0.342 e. The molecule has 0 saturated carbocycles. The van der Waals surface area contributed by atoms with Crippen LogP contribution in [0.15, 0.2) is 24.3 Å². The monoisotopic (exact) mass is 317 g/mol. The Labute approximate surface area is 136 Å². The maximum absolute atomic E-state index is 12.1. The fourth-order valence-corrected chi connectivity index (χ4v) is 2.61. The minimum atomic E-state index is -0.313. The zero-order valence-electron chi connectivity index (χ0n) is 13.4. The molecule has 1 aromatic carbocycles. The quantitative estimate of drug-likeness (QED) is 0.837. The zero-order chi connectivity index (χ0) is 16.7. The van der Waals surface area contributed by atoms with E-state index in [1.807, 2.05) is 0 Å². The Morgan fingerprint density at radius 2 is 1.43 bits per heavy atom. The lowest BCUT2D eigenvalue weighted by Crippen LogP contribution is -2.34. The lowest BCUT2D eigenvalue weighted by Gasteiger charge is -2.19. The zero-order valence-corrected chi connectivity index (χ0v) is 13.4. The molecular weight excluding hydrogens is 294 g/mol. The van der Waals surface area contributed by atoms with Gasteiger partial charge in [0.25, 0.3) is 0 Å². The van der Waals surface area contributed by atoms with Gasteiger partial charge in [-0.3, -0.25) is 14.4 Å². The Hall–Kier alpha value is -2.37. The minimum absolute atomic E-state index is 0.112. The standard InChI is InChI=1S/C17H23N3O3/c1-13(21)18-14-6-8-15(9-7-14)19-16(22)12-17(23)20-10-4-2-3-5-11-20/h6-9H,2-5,10-12H2,1H3,(H,18,21)(H,19,22). The molecule has 1 aliphatic rings. The van der Waals surface area contributed by atoms with E-state index in [0.29, 0.717) is 11.4 Å². The maximum Gasteiger partial charge on any atom is 0.233 e. The summed E-state index contributed by atoms with van der Waals surface area (Å²) in [7, 11) is 0. The van der Waals surface area contributed by atoms with Crippen LogP contribution in [0.25, 0.3) is 0 Å². The van der Waals surface area contributed by atoms with Gasteiger partial charge in [-0.25, -0.2) is 0 Å². The van der Waals surface area contributed by atoms with E-state index >= 15 is 0 Å². The van der Waals surface area contributed by atoms with Crippen LogP contribution in [0.1, 0.15) is 39.0 Å². The fraction of sp³-hybridized carbons (Fsp3) is 0.471. The molecule has 1 fully saturated rings. The highest BCUT2D eigenvalue weighted by molar-refractivity contribution is 6.03. The number of anilines is 2. The molecule has 0 bridgehead atoms. The van der Waals surface area contributed by atoms with Crippen molar-refractivity contribution in [3.8, 4) is 0 Å². The first-order valence-electron chi connectivity index (χ1n) is 8.00. The van der Waals surface area contributed by atoms with Gasteiger partial charge in [-0.05, 0) is 37.1 Å². The van der Waals surface area contributed by atoms with Crippen molar-refractivity contribution < 1.29 is 14.4 Å². The summed E-state index contributed by atoms with van der Waals surface area (Å²) in [5, 5.41) is 5.36. The van der Waals surface area contributed by atoms with Gasteiger partial charge in [0.1, 0.15) is 6.42 Å². The Kier molecular flexibility index (Phi) is 6.14. The van der Waals surface area contributed by atoms with Crippen LogP contribution in [-0.2, 0) is 14.4 Å². The molecule has 0 aliphatic carbocycles. The van der Waals surface area contributed by atoms with Gasteiger partial charge in [0.2, 0.25) is 17.7 Å². The first kappa shape index (κ1) is 17.0. The Morgan fingerprint density at radius 1 is 0.913 bits per heavy atom. The third kappa shape index (κ3) is 5.73. The van der Waals surface area contributed by atoms with E-state index in [1.54, 1.807) is 29.2 Å². The van der Waals surface area contributed by atoms with Gasteiger partial charge in [-0.2, -0.15) is 0 Å². The first-order chi connectivity index (χ1) is 11.0. The summed E-state index contributed by atoms with van der Waals surface area (Å²) in [5.41, 5.74) is 1.27. The number of hydrogen-bond acceptors (Lipinski definition) is 3. The average molecular weight is 317 g/mol. The maximum atomic E-state index is 12.1. The first-order valence-corrected chi connectivity index (χ1v) is 8.00. The van der Waals surface area contributed by atoms with E-state index in [1.165, 1.54) is 6.92 Å². The molecule has 6 nitrogen and oxygen atoms in total. The molecule has 1 heterocycles. The highest BCUT2D eigenvalue weighted by atomic mass is 16.2. The van der Waals surface area contributed by atoms with Gasteiger partial charge in [-0.15, -0.1) is 0 Å². The lowest BCUT2D eigenvalue weighted by molar-refractivity contribution is -0.134. The highest BCUT2D eigenvalue weighted by Crippen LogP contribution is 2.14. The number of benzene rings is 1. The van der Waals surface area contributed by atoms with Gasteiger partial charge in [-0.1, -0.05) is 12.8 Å². The van der Waals surface area contributed by atoms with Gasteiger partial charge >= 0.3 is 0 Å². The Morgan fingerprint density at radius 3 is 1.96 bits per heavy atom. The summed E-state index contributed by atoms with van der Waals surface area (Å²) in [6, 6.07) is 6.79. The molecule has 124 valence electrons. The predicted molar refractivity (Wildman–Crippen MR) is 89.0 cm³/mol. The summed E-state index contributed by atoms with van der Waals surface area (Å²) in [4.78, 5) is 36.9. The van der Waals surface area contributed by atoms with Crippen molar-refractivity contribution in [1.29, 1.82) is 0 Å². The molecule has 1 aliphatic heterocycles. The summed E-state index contributed by atoms with van der Waals surface area (Å²) in [6.45, 7) is 2.93. The second-order valence-electron chi connectivity index (χ2n) is 5.78. The largest absolute Gasteiger partial charge is 0.342 e. The van der Waals surface area contributed by atoms with E-state index in [-0.39, 0.29) is 24.1 Å². The smallest absolute Gasteiger partial charge is 0.233 e.